The normalized spacial score (nSPS) is 11.4. The third-order valence-electron chi connectivity index (χ3n) is 4.70. The number of carboxylic acid groups (broad SMARTS) is 1. The first-order valence-corrected chi connectivity index (χ1v) is 9.88. The molecule has 29 heavy (non-hydrogen) atoms. The van der Waals surface area contributed by atoms with Gasteiger partial charge in [0.05, 0.1) is 5.92 Å². The molecule has 2 aromatic carbocycles. The van der Waals surface area contributed by atoms with Gasteiger partial charge in [-0.2, -0.15) is 0 Å². The minimum Gasteiger partial charge on any atom is -0.481 e. The highest BCUT2D eigenvalue weighted by molar-refractivity contribution is 5.78. The van der Waals surface area contributed by atoms with Gasteiger partial charge in [0, 0.05) is 25.9 Å². The number of carbonyl (C=O) groups is 3. The lowest BCUT2D eigenvalue weighted by Gasteiger charge is -2.12. The van der Waals surface area contributed by atoms with Crippen molar-refractivity contribution in [3.63, 3.8) is 0 Å². The van der Waals surface area contributed by atoms with Crippen molar-refractivity contribution in [3.05, 3.63) is 71.8 Å². The van der Waals surface area contributed by atoms with Crippen LogP contribution in [0.1, 0.15) is 36.8 Å². The molecule has 0 heterocycles. The van der Waals surface area contributed by atoms with Gasteiger partial charge < -0.3 is 15.7 Å². The van der Waals surface area contributed by atoms with Crippen LogP contribution in [0.15, 0.2) is 60.7 Å². The second-order valence-corrected chi connectivity index (χ2v) is 6.96. The van der Waals surface area contributed by atoms with Crippen molar-refractivity contribution >= 4 is 17.8 Å². The Labute approximate surface area is 171 Å². The van der Waals surface area contributed by atoms with Gasteiger partial charge in [0.2, 0.25) is 11.8 Å². The van der Waals surface area contributed by atoms with E-state index in [1.165, 1.54) is 0 Å². The van der Waals surface area contributed by atoms with Crippen molar-refractivity contribution < 1.29 is 19.5 Å². The van der Waals surface area contributed by atoms with Crippen LogP contribution in [0.2, 0.25) is 0 Å². The summed E-state index contributed by atoms with van der Waals surface area (Å²) in [7, 11) is 0. The molecule has 0 saturated heterocycles. The number of nitrogens with one attached hydrogen (secondary N) is 2. The van der Waals surface area contributed by atoms with Gasteiger partial charge in [-0.25, -0.2) is 0 Å². The Hall–Kier alpha value is -3.15. The topological polar surface area (TPSA) is 95.5 Å². The fourth-order valence-electron chi connectivity index (χ4n) is 2.97. The molecule has 2 aromatic rings. The zero-order chi connectivity index (χ0) is 20.9. The highest BCUT2D eigenvalue weighted by Crippen LogP contribution is 2.14. The second-order valence-electron chi connectivity index (χ2n) is 6.96. The maximum Gasteiger partial charge on any atom is 0.306 e. The fourth-order valence-corrected chi connectivity index (χ4v) is 2.97. The molecule has 2 rings (SSSR count). The van der Waals surface area contributed by atoms with Crippen molar-refractivity contribution in [1.82, 2.24) is 10.6 Å². The molecule has 0 saturated carbocycles. The quantitative estimate of drug-likeness (QED) is 0.514. The molecule has 0 bridgehead atoms. The predicted octanol–water partition coefficient (Wildman–Crippen LogP) is 2.92. The highest BCUT2D eigenvalue weighted by Gasteiger charge is 2.20. The predicted molar refractivity (Wildman–Crippen MR) is 111 cm³/mol. The van der Waals surface area contributed by atoms with E-state index in [0.29, 0.717) is 13.1 Å². The monoisotopic (exact) mass is 396 g/mol. The number of benzene rings is 2. The smallest absolute Gasteiger partial charge is 0.306 e. The van der Waals surface area contributed by atoms with Gasteiger partial charge in [0.1, 0.15) is 0 Å². The van der Waals surface area contributed by atoms with Gasteiger partial charge in [0.25, 0.3) is 0 Å². The van der Waals surface area contributed by atoms with Crippen LogP contribution in [0, 0.1) is 5.92 Å². The minimum atomic E-state index is -0.974. The van der Waals surface area contributed by atoms with Gasteiger partial charge in [-0.1, -0.05) is 60.7 Å². The molecule has 0 aliphatic rings. The third-order valence-corrected chi connectivity index (χ3v) is 4.70. The highest BCUT2D eigenvalue weighted by atomic mass is 16.4. The van der Waals surface area contributed by atoms with Crippen LogP contribution in [0.5, 0.6) is 0 Å². The van der Waals surface area contributed by atoms with Crippen LogP contribution in [0.4, 0.5) is 0 Å². The average molecular weight is 396 g/mol. The lowest BCUT2D eigenvalue weighted by Crippen LogP contribution is -2.28. The van der Waals surface area contributed by atoms with E-state index in [0.717, 1.165) is 17.5 Å². The van der Waals surface area contributed by atoms with E-state index in [2.05, 4.69) is 10.6 Å². The Morgan fingerprint density at radius 2 is 1.28 bits per heavy atom. The Bertz CT molecular complexity index is 778. The standard InChI is InChI=1S/C23H28N2O4/c26-21(24-16-15-18-7-3-1-4-8-18)13-11-20(23(28)29)12-14-22(27)25-17-19-9-5-2-6-10-19/h1-10,20H,11-17H2,(H,24,26)(H,25,27)(H,28,29). The SMILES string of the molecule is O=C(CCC(CCC(=O)NCc1ccccc1)C(=O)O)NCCc1ccccc1. The van der Waals surface area contributed by atoms with E-state index in [1.807, 2.05) is 60.7 Å². The fraction of sp³-hybridized carbons (Fsp3) is 0.348. The van der Waals surface area contributed by atoms with Crippen LogP contribution in [0.3, 0.4) is 0 Å². The largest absolute Gasteiger partial charge is 0.481 e. The molecule has 3 N–H and O–H groups in total. The van der Waals surface area contributed by atoms with Crippen molar-refractivity contribution in [2.24, 2.45) is 5.92 Å². The van der Waals surface area contributed by atoms with Gasteiger partial charge >= 0.3 is 5.97 Å². The van der Waals surface area contributed by atoms with Crippen LogP contribution in [0.25, 0.3) is 0 Å². The maximum absolute atomic E-state index is 12.0. The van der Waals surface area contributed by atoms with Crippen molar-refractivity contribution in [2.75, 3.05) is 6.54 Å². The summed E-state index contributed by atoms with van der Waals surface area (Å²) in [5, 5.41) is 15.0. The number of hydrogen-bond donors (Lipinski definition) is 3. The summed E-state index contributed by atoms with van der Waals surface area (Å²) in [4.78, 5) is 35.4. The summed E-state index contributed by atoms with van der Waals surface area (Å²) >= 11 is 0. The van der Waals surface area contributed by atoms with Crippen LogP contribution in [-0.4, -0.2) is 29.4 Å². The van der Waals surface area contributed by atoms with Crippen LogP contribution < -0.4 is 10.6 Å². The Balaban J connectivity index is 1.64. The molecule has 1 unspecified atom stereocenters. The maximum atomic E-state index is 12.0. The molecular weight excluding hydrogens is 368 g/mol. The number of carbonyl (C=O) groups excluding carboxylic acids is 2. The number of aliphatic carboxylic acids is 1. The second kappa shape index (κ2) is 12.3. The Morgan fingerprint density at radius 1 is 0.759 bits per heavy atom. The Kier molecular flexibility index (Phi) is 9.42. The first-order chi connectivity index (χ1) is 14.0. The van der Waals surface area contributed by atoms with E-state index >= 15 is 0 Å². The lowest BCUT2D eigenvalue weighted by atomic mass is 9.97. The summed E-state index contributed by atoms with van der Waals surface area (Å²) in [6.07, 6.45) is 1.43. The first kappa shape index (κ1) is 22.1. The zero-order valence-corrected chi connectivity index (χ0v) is 16.5. The van der Waals surface area contributed by atoms with Gasteiger partial charge in [-0.3, -0.25) is 14.4 Å². The van der Waals surface area contributed by atoms with Crippen LogP contribution in [-0.2, 0) is 27.3 Å². The third kappa shape index (κ3) is 9.06. The van der Waals surface area contributed by atoms with E-state index in [9.17, 15) is 19.5 Å². The van der Waals surface area contributed by atoms with E-state index < -0.39 is 11.9 Å². The van der Waals surface area contributed by atoms with Gasteiger partial charge in [-0.15, -0.1) is 0 Å². The van der Waals surface area contributed by atoms with Crippen molar-refractivity contribution in [2.45, 2.75) is 38.6 Å². The van der Waals surface area contributed by atoms with Crippen molar-refractivity contribution in [1.29, 1.82) is 0 Å². The molecule has 2 amide bonds. The number of rotatable bonds is 12. The van der Waals surface area contributed by atoms with E-state index in [1.54, 1.807) is 0 Å². The summed E-state index contributed by atoms with van der Waals surface area (Å²) < 4.78 is 0. The summed E-state index contributed by atoms with van der Waals surface area (Å²) in [6, 6.07) is 19.4. The molecular formula is C23H28N2O4. The van der Waals surface area contributed by atoms with E-state index in [-0.39, 0.29) is 37.5 Å². The molecule has 0 spiro atoms. The molecule has 1 atom stereocenters. The van der Waals surface area contributed by atoms with Crippen LogP contribution >= 0.6 is 0 Å². The number of carboxylic acids is 1. The molecule has 0 fully saturated rings. The molecule has 6 heteroatoms. The summed E-state index contributed by atoms with van der Waals surface area (Å²) in [5.41, 5.74) is 2.13. The molecule has 0 radical (unpaired) electrons. The summed E-state index contributed by atoms with van der Waals surface area (Å²) in [6.45, 7) is 0.934. The number of amides is 2. The van der Waals surface area contributed by atoms with Gasteiger partial charge in [0.15, 0.2) is 0 Å². The number of hydrogen-bond acceptors (Lipinski definition) is 3. The van der Waals surface area contributed by atoms with E-state index in [4.69, 9.17) is 0 Å². The summed E-state index contributed by atoms with van der Waals surface area (Å²) in [5.74, 6) is -2.04. The van der Waals surface area contributed by atoms with Crippen molar-refractivity contribution in [3.8, 4) is 0 Å². The Morgan fingerprint density at radius 3 is 1.83 bits per heavy atom. The molecule has 0 aromatic heterocycles. The zero-order valence-electron chi connectivity index (χ0n) is 16.5. The molecule has 6 nitrogen and oxygen atoms in total. The van der Waals surface area contributed by atoms with Gasteiger partial charge in [-0.05, 0) is 30.4 Å². The molecule has 0 aliphatic heterocycles. The molecule has 154 valence electrons. The lowest BCUT2D eigenvalue weighted by molar-refractivity contribution is -0.142. The first-order valence-electron chi connectivity index (χ1n) is 9.88. The molecule has 0 aliphatic carbocycles. The minimum absolute atomic E-state index is 0.124. The average Bonchev–Trinajstić information content (AvgIpc) is 2.73.